The molecule has 1 aromatic heterocycles. The average molecular weight is 418 g/mol. The van der Waals surface area contributed by atoms with Gasteiger partial charge in [0.25, 0.3) is 0 Å². The Morgan fingerprint density at radius 3 is 2.45 bits per heavy atom. The van der Waals surface area contributed by atoms with Crippen LogP contribution in [-0.4, -0.2) is 63.2 Å². The molecule has 7 nitrogen and oxygen atoms in total. The van der Waals surface area contributed by atoms with E-state index < -0.39 is 0 Å². The molecule has 156 valence electrons. The highest BCUT2D eigenvalue weighted by Crippen LogP contribution is 2.27. The number of hydrogen-bond acceptors (Lipinski definition) is 7. The van der Waals surface area contributed by atoms with Crippen molar-refractivity contribution in [2.45, 2.75) is 13.8 Å². The first kappa shape index (κ1) is 21.1. The predicted octanol–water partition coefficient (Wildman–Crippen LogP) is 3.00. The molecular weight excluding hydrogens is 390 g/mol. The second-order valence-corrected chi connectivity index (χ2v) is 7.90. The van der Waals surface area contributed by atoms with Gasteiger partial charge in [0.05, 0.1) is 25.3 Å². The van der Waals surface area contributed by atoms with Crippen LogP contribution in [0, 0.1) is 6.92 Å². The topological polar surface area (TPSA) is 71.1 Å². The van der Waals surface area contributed by atoms with Gasteiger partial charge in [-0.25, -0.2) is 4.79 Å². The number of thiophene rings is 1. The number of nitrogens with zero attached hydrogens (tertiary/aromatic N) is 2. The second-order valence-electron chi connectivity index (χ2n) is 6.85. The molecule has 1 fully saturated rings. The van der Waals surface area contributed by atoms with Crippen molar-refractivity contribution in [3.63, 3.8) is 0 Å². The van der Waals surface area contributed by atoms with Gasteiger partial charge in [0.2, 0.25) is 5.91 Å². The van der Waals surface area contributed by atoms with Crippen LogP contribution in [0.25, 0.3) is 0 Å². The van der Waals surface area contributed by atoms with Crippen LogP contribution < -0.4 is 15.0 Å². The van der Waals surface area contributed by atoms with E-state index in [-0.39, 0.29) is 11.9 Å². The van der Waals surface area contributed by atoms with Gasteiger partial charge >= 0.3 is 5.97 Å². The van der Waals surface area contributed by atoms with Crippen LogP contribution in [0.2, 0.25) is 0 Å². The summed E-state index contributed by atoms with van der Waals surface area (Å²) in [6, 6.07) is 9.85. The number of nitrogens with one attached hydrogen (secondary N) is 1. The third kappa shape index (κ3) is 5.48. The van der Waals surface area contributed by atoms with Crippen LogP contribution in [0.5, 0.6) is 5.75 Å². The molecule has 2 aromatic rings. The summed E-state index contributed by atoms with van der Waals surface area (Å²) >= 11 is 1.26. The molecule has 0 radical (unpaired) electrons. The number of ether oxygens (including phenoxy) is 2. The molecule has 1 amide bonds. The molecule has 0 unspecified atom stereocenters. The number of hydrogen-bond donors (Lipinski definition) is 1. The van der Waals surface area contributed by atoms with Gasteiger partial charge in [-0.15, -0.1) is 11.3 Å². The van der Waals surface area contributed by atoms with Crippen LogP contribution in [0.4, 0.5) is 10.7 Å². The Kier molecular flexibility index (Phi) is 7.11. The minimum absolute atomic E-state index is 0.0699. The standard InChI is InChI=1S/C21H27N3O4S/c1-4-28-21(26)20-15(2)13-19(29-20)22-18(25)14-23-9-11-24(12-10-23)16-5-7-17(27-3)8-6-16/h5-8,13H,4,9-12,14H2,1-3H3,(H,22,25). The van der Waals surface area contributed by atoms with Crippen molar-refractivity contribution in [1.29, 1.82) is 0 Å². The van der Waals surface area contributed by atoms with Crippen molar-refractivity contribution >= 4 is 33.9 Å². The van der Waals surface area contributed by atoms with Gasteiger partial charge in [-0.1, -0.05) is 0 Å². The summed E-state index contributed by atoms with van der Waals surface area (Å²) in [4.78, 5) is 29.3. The normalized spacial score (nSPS) is 14.5. The summed E-state index contributed by atoms with van der Waals surface area (Å²) < 4.78 is 10.3. The lowest BCUT2D eigenvalue weighted by molar-refractivity contribution is -0.117. The maximum atomic E-state index is 12.4. The summed E-state index contributed by atoms with van der Waals surface area (Å²) in [5.74, 6) is 0.434. The lowest BCUT2D eigenvalue weighted by Gasteiger charge is -2.35. The minimum Gasteiger partial charge on any atom is -0.497 e. The first-order chi connectivity index (χ1) is 14.0. The molecule has 0 aliphatic carbocycles. The van der Waals surface area contributed by atoms with E-state index in [1.807, 2.05) is 25.1 Å². The summed E-state index contributed by atoms with van der Waals surface area (Å²) in [6.45, 7) is 7.65. The molecule has 3 rings (SSSR count). The zero-order valence-corrected chi connectivity index (χ0v) is 17.9. The van der Waals surface area contributed by atoms with Gasteiger partial charge in [0, 0.05) is 31.9 Å². The van der Waals surface area contributed by atoms with E-state index in [0.29, 0.717) is 23.0 Å². The number of methoxy groups -OCH3 is 1. The Morgan fingerprint density at radius 2 is 1.83 bits per heavy atom. The Hall–Kier alpha value is -2.58. The SMILES string of the molecule is CCOC(=O)c1sc(NC(=O)CN2CCN(c3ccc(OC)cc3)CC2)cc1C. The van der Waals surface area contributed by atoms with E-state index in [2.05, 4.69) is 27.2 Å². The first-order valence-corrected chi connectivity index (χ1v) is 10.5. The molecule has 29 heavy (non-hydrogen) atoms. The number of anilines is 2. The van der Waals surface area contributed by atoms with Crippen molar-refractivity contribution in [3.05, 3.63) is 40.8 Å². The van der Waals surface area contributed by atoms with Gasteiger partial charge in [-0.05, 0) is 49.7 Å². The molecule has 8 heteroatoms. The van der Waals surface area contributed by atoms with Gasteiger partial charge in [0.1, 0.15) is 10.6 Å². The van der Waals surface area contributed by atoms with Crippen LogP contribution in [-0.2, 0) is 9.53 Å². The molecule has 1 aromatic carbocycles. The van der Waals surface area contributed by atoms with E-state index in [1.165, 1.54) is 11.3 Å². The minimum atomic E-state index is -0.342. The predicted molar refractivity (Wildman–Crippen MR) is 115 cm³/mol. The molecule has 2 heterocycles. The molecule has 0 atom stereocenters. The molecular formula is C21H27N3O4S. The number of rotatable bonds is 7. The Labute approximate surface area is 175 Å². The number of esters is 1. The lowest BCUT2D eigenvalue weighted by atomic mass is 10.2. The van der Waals surface area contributed by atoms with Crippen molar-refractivity contribution < 1.29 is 19.1 Å². The Balaban J connectivity index is 1.48. The number of carbonyl (C=O) groups is 2. The summed E-state index contributed by atoms with van der Waals surface area (Å²) in [6.07, 6.45) is 0. The third-order valence-corrected chi connectivity index (χ3v) is 5.95. The van der Waals surface area contributed by atoms with Crippen LogP contribution in [0.15, 0.2) is 30.3 Å². The van der Waals surface area contributed by atoms with E-state index in [4.69, 9.17) is 9.47 Å². The fraction of sp³-hybridized carbons (Fsp3) is 0.429. The van der Waals surface area contributed by atoms with E-state index in [9.17, 15) is 9.59 Å². The highest BCUT2D eigenvalue weighted by atomic mass is 32.1. The lowest BCUT2D eigenvalue weighted by Crippen LogP contribution is -2.48. The largest absolute Gasteiger partial charge is 0.497 e. The molecule has 1 N–H and O–H groups in total. The monoisotopic (exact) mass is 417 g/mol. The molecule has 1 aliphatic heterocycles. The summed E-state index contributed by atoms with van der Waals surface area (Å²) in [7, 11) is 1.66. The fourth-order valence-electron chi connectivity index (χ4n) is 3.28. The average Bonchev–Trinajstić information content (AvgIpc) is 3.09. The number of benzene rings is 1. The quantitative estimate of drug-likeness (QED) is 0.699. The smallest absolute Gasteiger partial charge is 0.348 e. The number of piperazine rings is 1. The van der Waals surface area contributed by atoms with Crippen LogP contribution in [0.1, 0.15) is 22.2 Å². The Morgan fingerprint density at radius 1 is 1.14 bits per heavy atom. The fourth-order valence-corrected chi connectivity index (χ4v) is 4.26. The van der Waals surface area contributed by atoms with Crippen LogP contribution >= 0.6 is 11.3 Å². The van der Waals surface area contributed by atoms with E-state index in [0.717, 1.165) is 43.2 Å². The van der Waals surface area contributed by atoms with Gasteiger partial charge in [0.15, 0.2) is 0 Å². The third-order valence-electron chi connectivity index (χ3n) is 4.82. The number of amides is 1. The highest BCUT2D eigenvalue weighted by Gasteiger charge is 2.20. The summed E-state index contributed by atoms with van der Waals surface area (Å²) in [5, 5.41) is 3.58. The number of carbonyl (C=O) groups excluding carboxylic acids is 2. The zero-order chi connectivity index (χ0) is 20.8. The Bertz CT molecular complexity index is 842. The highest BCUT2D eigenvalue weighted by molar-refractivity contribution is 7.18. The number of aryl methyl sites for hydroxylation is 1. The van der Waals surface area contributed by atoms with Crippen molar-refractivity contribution in [2.24, 2.45) is 0 Å². The van der Waals surface area contributed by atoms with Gasteiger partial charge in [-0.3, -0.25) is 9.69 Å². The van der Waals surface area contributed by atoms with E-state index >= 15 is 0 Å². The van der Waals surface area contributed by atoms with Crippen molar-refractivity contribution in [1.82, 2.24) is 4.90 Å². The molecule has 0 bridgehead atoms. The second kappa shape index (κ2) is 9.76. The van der Waals surface area contributed by atoms with E-state index in [1.54, 1.807) is 14.0 Å². The van der Waals surface area contributed by atoms with Crippen LogP contribution in [0.3, 0.4) is 0 Å². The summed E-state index contributed by atoms with van der Waals surface area (Å²) in [5.41, 5.74) is 1.98. The van der Waals surface area contributed by atoms with Gasteiger partial charge in [-0.2, -0.15) is 0 Å². The molecule has 1 saturated heterocycles. The van der Waals surface area contributed by atoms with Crippen molar-refractivity contribution in [2.75, 3.05) is 56.7 Å². The van der Waals surface area contributed by atoms with Gasteiger partial charge < -0.3 is 19.7 Å². The molecule has 1 aliphatic rings. The molecule has 0 spiro atoms. The maximum absolute atomic E-state index is 12.4. The maximum Gasteiger partial charge on any atom is 0.348 e. The molecule has 0 saturated carbocycles. The van der Waals surface area contributed by atoms with Crippen molar-refractivity contribution in [3.8, 4) is 5.75 Å². The zero-order valence-electron chi connectivity index (χ0n) is 17.1. The first-order valence-electron chi connectivity index (χ1n) is 9.69.